The third-order valence-corrected chi connectivity index (χ3v) is 5.67. The molecular formula is C27H27ClN4O2. The van der Waals surface area contributed by atoms with Crippen LogP contribution in [-0.4, -0.2) is 27.3 Å². The maximum Gasteiger partial charge on any atom is 0.336 e. The molecule has 1 amide bonds. The quantitative estimate of drug-likeness (QED) is 0.309. The van der Waals surface area contributed by atoms with E-state index in [0.717, 1.165) is 22.4 Å². The molecule has 34 heavy (non-hydrogen) atoms. The highest BCUT2D eigenvalue weighted by atomic mass is 35.5. The molecule has 0 aliphatic rings. The Balaban J connectivity index is 1.59. The van der Waals surface area contributed by atoms with Gasteiger partial charge in [0.25, 0.3) is 0 Å². The van der Waals surface area contributed by atoms with Crippen LogP contribution in [-0.2, 0) is 4.79 Å². The number of nitrogens with one attached hydrogen (secondary N) is 1. The summed E-state index contributed by atoms with van der Waals surface area (Å²) in [5.41, 5.74) is 4.25. The maximum atomic E-state index is 12.6. The van der Waals surface area contributed by atoms with Crippen LogP contribution in [0.15, 0.2) is 78.9 Å². The van der Waals surface area contributed by atoms with Crippen LogP contribution in [0.1, 0.15) is 30.4 Å². The summed E-state index contributed by atoms with van der Waals surface area (Å²) in [5.74, 6) is 0.767. The highest BCUT2D eigenvalue weighted by Crippen LogP contribution is 2.27. The summed E-state index contributed by atoms with van der Waals surface area (Å²) >= 11 is 6.34. The summed E-state index contributed by atoms with van der Waals surface area (Å²) in [6.07, 6.45) is 0. The molecule has 174 valence electrons. The average molecular weight is 475 g/mol. The lowest BCUT2D eigenvalue weighted by molar-refractivity contribution is -0.116. The predicted octanol–water partition coefficient (Wildman–Crippen LogP) is 6.20. The second-order valence-corrected chi connectivity index (χ2v) is 8.90. The fraction of sp³-hybridized carbons (Fsp3) is 0.222. The average Bonchev–Trinajstić information content (AvgIpc) is 3.27. The first-order valence-corrected chi connectivity index (χ1v) is 11.6. The van der Waals surface area contributed by atoms with E-state index >= 15 is 0 Å². The number of nitrogens with zero attached hydrogens (tertiary/aromatic N) is 3. The topological polar surface area (TPSA) is 69.0 Å². The van der Waals surface area contributed by atoms with E-state index in [2.05, 4.69) is 29.2 Å². The number of aromatic nitrogens is 3. The van der Waals surface area contributed by atoms with Gasteiger partial charge in [-0.3, -0.25) is 4.79 Å². The van der Waals surface area contributed by atoms with Crippen LogP contribution in [0.5, 0.6) is 6.01 Å². The molecule has 0 saturated heterocycles. The number of halogens is 1. The number of benzene rings is 3. The first-order chi connectivity index (χ1) is 16.4. The molecule has 1 aromatic heterocycles. The zero-order valence-electron chi connectivity index (χ0n) is 19.4. The molecule has 6 nitrogen and oxygen atoms in total. The van der Waals surface area contributed by atoms with Crippen molar-refractivity contribution in [2.45, 2.75) is 26.1 Å². The Bertz CT molecular complexity index is 1250. The molecule has 1 atom stereocenters. The van der Waals surface area contributed by atoms with E-state index in [4.69, 9.17) is 16.3 Å². The molecule has 4 rings (SSSR count). The summed E-state index contributed by atoms with van der Waals surface area (Å²) < 4.78 is 7.56. The largest absolute Gasteiger partial charge is 0.462 e. The van der Waals surface area contributed by atoms with E-state index in [1.807, 2.05) is 85.8 Å². The van der Waals surface area contributed by atoms with Crippen molar-refractivity contribution in [2.75, 3.05) is 11.9 Å². The number of ether oxygens (including phenoxy) is 1. The van der Waals surface area contributed by atoms with Gasteiger partial charge >= 0.3 is 6.01 Å². The Morgan fingerprint density at radius 1 is 1.00 bits per heavy atom. The number of rotatable bonds is 8. The third-order valence-electron chi connectivity index (χ3n) is 5.22. The van der Waals surface area contributed by atoms with Crippen molar-refractivity contribution < 1.29 is 9.53 Å². The van der Waals surface area contributed by atoms with E-state index in [1.54, 1.807) is 4.68 Å². The number of amides is 1. The molecule has 1 N–H and O–H groups in total. The minimum absolute atomic E-state index is 0.286. The van der Waals surface area contributed by atoms with Gasteiger partial charge < -0.3 is 10.1 Å². The van der Waals surface area contributed by atoms with Crippen LogP contribution >= 0.6 is 11.6 Å². The second-order valence-electron chi connectivity index (χ2n) is 8.46. The summed E-state index contributed by atoms with van der Waals surface area (Å²) in [5, 5.41) is 6.70. The summed E-state index contributed by atoms with van der Waals surface area (Å²) in [6.45, 7) is 6.73. The summed E-state index contributed by atoms with van der Waals surface area (Å²) in [7, 11) is 0. The van der Waals surface area contributed by atoms with Crippen LogP contribution in [0.2, 0.25) is 0 Å². The van der Waals surface area contributed by atoms with E-state index in [-0.39, 0.29) is 5.91 Å². The van der Waals surface area contributed by atoms with Crippen LogP contribution in [0, 0.1) is 12.8 Å². The van der Waals surface area contributed by atoms with Crippen molar-refractivity contribution in [2.24, 2.45) is 5.92 Å². The lowest BCUT2D eigenvalue weighted by Crippen LogP contribution is -2.17. The number of carbonyl (C=O) groups is 1. The summed E-state index contributed by atoms with van der Waals surface area (Å²) in [6, 6.07) is 25.0. The summed E-state index contributed by atoms with van der Waals surface area (Å²) in [4.78, 5) is 17.2. The van der Waals surface area contributed by atoms with Gasteiger partial charge in [-0.05, 0) is 48.2 Å². The molecule has 0 spiro atoms. The van der Waals surface area contributed by atoms with E-state index in [9.17, 15) is 4.79 Å². The molecule has 1 heterocycles. The molecule has 3 aromatic carbocycles. The fourth-order valence-electron chi connectivity index (χ4n) is 3.44. The smallest absolute Gasteiger partial charge is 0.336 e. The predicted molar refractivity (Wildman–Crippen MR) is 136 cm³/mol. The van der Waals surface area contributed by atoms with Crippen LogP contribution in [0.3, 0.4) is 0 Å². The van der Waals surface area contributed by atoms with Crippen molar-refractivity contribution >= 4 is 23.2 Å². The van der Waals surface area contributed by atoms with Crippen molar-refractivity contribution in [1.29, 1.82) is 0 Å². The van der Waals surface area contributed by atoms with Gasteiger partial charge in [-0.2, -0.15) is 4.98 Å². The molecule has 0 saturated carbocycles. The monoisotopic (exact) mass is 474 g/mol. The first kappa shape index (κ1) is 23.5. The fourth-order valence-corrected chi connectivity index (χ4v) is 3.64. The van der Waals surface area contributed by atoms with Crippen LogP contribution < -0.4 is 10.1 Å². The minimum atomic E-state index is -0.774. The maximum absolute atomic E-state index is 12.6. The normalized spacial score (nSPS) is 11.9. The molecule has 0 radical (unpaired) electrons. The van der Waals surface area contributed by atoms with Gasteiger partial charge in [0.1, 0.15) is 5.38 Å². The number of alkyl halides is 1. The number of hydrogen-bond acceptors (Lipinski definition) is 4. The van der Waals surface area contributed by atoms with E-state index in [1.165, 1.54) is 0 Å². The van der Waals surface area contributed by atoms with Crippen LogP contribution in [0.4, 0.5) is 5.69 Å². The van der Waals surface area contributed by atoms with Gasteiger partial charge in [0.15, 0.2) is 5.82 Å². The molecule has 7 heteroatoms. The van der Waals surface area contributed by atoms with Gasteiger partial charge in [0.2, 0.25) is 5.91 Å². The van der Waals surface area contributed by atoms with Gasteiger partial charge in [0.05, 0.1) is 12.3 Å². The zero-order valence-corrected chi connectivity index (χ0v) is 20.2. The highest BCUT2D eigenvalue weighted by Gasteiger charge is 2.19. The lowest BCUT2D eigenvalue weighted by atomic mass is 10.1. The SMILES string of the molecule is Cc1ccccc1-c1nc(OCC(C)C)nn1-c1ccc(NC(=O)C(Cl)c2ccccc2)cc1. The standard InChI is InChI=1S/C27H27ClN4O2/c1-18(2)17-34-27-30-25(23-12-8-7-9-19(23)3)32(31-27)22-15-13-21(14-16-22)29-26(33)24(28)20-10-5-4-6-11-20/h4-16,18,24H,17H2,1-3H3,(H,29,33). The molecule has 0 aliphatic heterocycles. The second kappa shape index (κ2) is 10.5. The Labute approximate surface area is 204 Å². The zero-order chi connectivity index (χ0) is 24.1. The Kier molecular flexibility index (Phi) is 7.28. The first-order valence-electron chi connectivity index (χ1n) is 11.2. The number of carbonyl (C=O) groups excluding carboxylic acids is 1. The molecule has 4 aromatic rings. The number of anilines is 1. The Morgan fingerprint density at radius 2 is 1.68 bits per heavy atom. The van der Waals surface area contributed by atoms with Crippen molar-refractivity contribution in [3.63, 3.8) is 0 Å². The van der Waals surface area contributed by atoms with Gasteiger partial charge in [0, 0.05) is 11.3 Å². The van der Waals surface area contributed by atoms with Gasteiger partial charge in [-0.25, -0.2) is 4.68 Å². The third kappa shape index (κ3) is 5.46. The number of aryl methyl sites for hydroxylation is 1. The highest BCUT2D eigenvalue weighted by molar-refractivity contribution is 6.32. The molecule has 1 unspecified atom stereocenters. The van der Waals surface area contributed by atoms with Gasteiger partial charge in [-0.1, -0.05) is 68.4 Å². The lowest BCUT2D eigenvalue weighted by Gasteiger charge is -2.12. The Morgan fingerprint density at radius 3 is 2.35 bits per heavy atom. The van der Waals surface area contributed by atoms with Crippen molar-refractivity contribution in [1.82, 2.24) is 14.8 Å². The van der Waals surface area contributed by atoms with Crippen molar-refractivity contribution in [3.05, 3.63) is 90.0 Å². The molecule has 0 aliphatic carbocycles. The number of hydrogen-bond donors (Lipinski definition) is 1. The minimum Gasteiger partial charge on any atom is -0.462 e. The van der Waals surface area contributed by atoms with Gasteiger partial charge in [-0.15, -0.1) is 16.7 Å². The van der Waals surface area contributed by atoms with E-state index < -0.39 is 5.38 Å². The van der Waals surface area contributed by atoms with Crippen LogP contribution in [0.25, 0.3) is 17.1 Å². The molecule has 0 bridgehead atoms. The molecular weight excluding hydrogens is 448 g/mol. The van der Waals surface area contributed by atoms with Crippen molar-refractivity contribution in [3.8, 4) is 23.1 Å². The van der Waals surface area contributed by atoms with E-state index in [0.29, 0.717) is 30.0 Å². The molecule has 0 fully saturated rings. The Hall–Kier alpha value is -3.64.